The fraction of sp³-hybridized carbons (Fsp3) is 0.950. The fourth-order valence-corrected chi connectivity index (χ4v) is 16.1. The largest absolute Gasteiger partial charge is 0.465 e. The molecule has 0 amide bonds. The molecule has 0 aliphatic carbocycles. The predicted octanol–water partition coefficient (Wildman–Crippen LogP) is 24.6. The summed E-state index contributed by atoms with van der Waals surface area (Å²) in [6.45, 7) is 20.7. The molecule has 12 atom stereocenters. The number of carbonyl (C=O) groups is 6. The van der Waals surface area contributed by atoms with E-state index in [1.807, 2.05) is 41.5 Å². The molecule has 147 heavy (non-hydrogen) atoms. The van der Waals surface area contributed by atoms with Crippen LogP contribution in [0.3, 0.4) is 0 Å². The van der Waals surface area contributed by atoms with E-state index < -0.39 is 12.2 Å². The Hall–Kier alpha value is -3.78. The van der Waals surface area contributed by atoms with E-state index in [4.69, 9.17) is 74.4 Å². The van der Waals surface area contributed by atoms with E-state index in [-0.39, 0.29) is 155 Å². The quantitative estimate of drug-likeness (QED) is 0.0153. The van der Waals surface area contributed by atoms with Crippen molar-refractivity contribution in [1.82, 2.24) is 0 Å². The Kier molecular flexibility index (Phi) is 133. The van der Waals surface area contributed by atoms with E-state index in [1.165, 1.54) is 135 Å². The maximum atomic E-state index is 11.5. The Labute approximate surface area is 899 Å². The first-order valence-corrected chi connectivity index (χ1v) is 60.6. The van der Waals surface area contributed by atoms with Crippen LogP contribution >= 0.6 is 0 Å². The summed E-state index contributed by atoms with van der Waals surface area (Å²) in [5, 5.41) is 139. The van der Waals surface area contributed by atoms with Gasteiger partial charge in [0.05, 0.1) is 76.3 Å². The summed E-state index contributed by atoms with van der Waals surface area (Å²) < 4.78 is 30.5. The highest BCUT2D eigenvalue weighted by Crippen LogP contribution is 2.23. The van der Waals surface area contributed by atoms with Crippen LogP contribution in [0.4, 0.5) is 0 Å². The van der Waals surface area contributed by atoms with Gasteiger partial charge < -0.3 is 105 Å². The third-order valence-corrected chi connectivity index (χ3v) is 26.6. The summed E-state index contributed by atoms with van der Waals surface area (Å²) in [4.78, 5) is 68.8. The van der Waals surface area contributed by atoms with Crippen molar-refractivity contribution < 1.29 is 134 Å². The number of unbranched alkanes of at least 4 members (excludes halogenated alkanes) is 51. The van der Waals surface area contributed by atoms with Gasteiger partial charge in [0, 0.05) is 133 Å². The normalized spacial score (nSPS) is 13.6. The number of ether oxygens (including phenoxy) is 6. The van der Waals surface area contributed by atoms with E-state index in [0.717, 1.165) is 315 Å². The van der Waals surface area contributed by atoms with Gasteiger partial charge in [-0.15, -0.1) is 0 Å². The summed E-state index contributed by atoms with van der Waals surface area (Å²) in [7, 11) is 0. The average molecular weight is 2120 g/mol. The number of esters is 6. The predicted molar refractivity (Wildman–Crippen MR) is 598 cm³/mol. The summed E-state index contributed by atoms with van der Waals surface area (Å²) in [6, 6.07) is 0. The van der Waals surface area contributed by atoms with Gasteiger partial charge in [-0.1, -0.05) is 403 Å². The van der Waals surface area contributed by atoms with E-state index in [9.17, 15) is 59.4 Å². The molecule has 0 aromatic heterocycles. The molecule has 27 nitrogen and oxygen atoms in total. The van der Waals surface area contributed by atoms with Crippen LogP contribution in [0, 0.1) is 35.5 Å². The number of hydrogen-bond donors (Lipinski definition) is 15. The first-order valence-electron chi connectivity index (χ1n) is 60.6. The Morgan fingerprint density at radius 3 is 0.415 bits per heavy atom. The molecule has 0 heterocycles. The summed E-state index contributed by atoms with van der Waals surface area (Å²) >= 11 is 0. The maximum Gasteiger partial charge on any atom is 0.305 e. The minimum absolute atomic E-state index is 0.00243. The molecular formula is C120H240O27. The Morgan fingerprint density at radius 1 is 0.163 bits per heavy atom. The zero-order valence-corrected chi connectivity index (χ0v) is 96.3. The molecule has 0 fully saturated rings. The SMILES string of the molecule is CC(CO)COC(=O)CCCCCCCC(O)CCCCCCCO.CC(CO)COC(=O)CCCCCCCCC(O)CCCCCCO.CC(CO)COC(=O)CCCCCCCCCCCCCCCO.CCCCCCC(O)C(O)CCCCCCCC(=O)OCC(C)CO.CCCCCCC(O)CCCCCCCCC(=O)OCC(C)CO.CCCCCCCC(O)CCCCCCCC(=O)OCC(C)CO. The van der Waals surface area contributed by atoms with Gasteiger partial charge in [-0.05, 0) is 122 Å². The first-order chi connectivity index (χ1) is 71.1. The van der Waals surface area contributed by atoms with Crippen molar-refractivity contribution in [3.8, 4) is 0 Å². The van der Waals surface area contributed by atoms with Crippen LogP contribution in [0.25, 0.3) is 0 Å². The fourth-order valence-electron chi connectivity index (χ4n) is 16.1. The lowest BCUT2D eigenvalue weighted by molar-refractivity contribution is -0.146. The van der Waals surface area contributed by atoms with E-state index in [2.05, 4.69) is 20.8 Å². The van der Waals surface area contributed by atoms with Crippen LogP contribution in [0.5, 0.6) is 0 Å². The van der Waals surface area contributed by atoms with Crippen molar-refractivity contribution in [2.24, 2.45) is 35.5 Å². The van der Waals surface area contributed by atoms with Gasteiger partial charge in [-0.2, -0.15) is 0 Å². The second-order valence-electron chi connectivity index (χ2n) is 43.0. The topological polar surface area (TPSA) is 461 Å². The maximum absolute atomic E-state index is 11.5. The molecule has 27 heteroatoms. The molecule has 0 aliphatic rings. The van der Waals surface area contributed by atoms with Crippen molar-refractivity contribution in [3.05, 3.63) is 0 Å². The molecule has 0 spiro atoms. The van der Waals surface area contributed by atoms with E-state index in [0.29, 0.717) is 91.0 Å². The molecule has 0 saturated heterocycles. The van der Waals surface area contributed by atoms with Gasteiger partial charge in [0.2, 0.25) is 0 Å². The second-order valence-corrected chi connectivity index (χ2v) is 43.0. The standard InChI is InChI=1S/3C20H40O5.3C20H40O4/c1-18(16-22)17-25-20(24)14-10-6-2-4-8-12-19(23)13-9-5-3-7-11-15-21;1-18(16-22)17-25-20(24)14-10-5-3-2-4-8-12-19(23)13-9-6-7-11-15-21;1-3-4-5-9-12-18(22)19(23)13-10-7-6-8-11-14-20(24)25-16-17(2)15-21;1-19(17-22)18-24-20(23)15-13-11-9-7-5-3-2-4-6-8-10-12-14-16-21;1-3-4-5-10-13-19(22)14-11-8-6-7-9-12-15-20(23)24-17-18(2)16-21;1-3-4-5-7-10-13-19(22)14-11-8-6-9-12-15-20(23)24-17-18(2)16-21/h2*18-19,21-23H,2-17H2,1H3;17-19,21-23H,3-16H2,1-2H3;19,21-22H,2-18H2,1H3;2*18-19,21-22H,3-17H2,1-2H3. The monoisotopic (exact) mass is 2110 g/mol. The molecule has 882 valence electrons. The minimum atomic E-state index is -0.606. The minimum Gasteiger partial charge on any atom is -0.465 e. The number of rotatable bonds is 105. The van der Waals surface area contributed by atoms with Crippen molar-refractivity contribution in [2.45, 2.75) is 600 Å². The van der Waals surface area contributed by atoms with Crippen molar-refractivity contribution in [3.63, 3.8) is 0 Å². The Balaban J connectivity index is -0.000000406. The molecule has 0 aromatic carbocycles. The summed E-state index contributed by atoms with van der Waals surface area (Å²) in [5.41, 5.74) is 0. The summed E-state index contributed by atoms with van der Waals surface area (Å²) in [6.07, 6.45) is 78.6. The van der Waals surface area contributed by atoms with Gasteiger partial charge >= 0.3 is 35.8 Å². The third-order valence-electron chi connectivity index (χ3n) is 26.6. The average Bonchev–Trinajstić information content (AvgIpc) is 0.971. The number of carbonyl (C=O) groups excluding carboxylic acids is 6. The molecule has 15 N–H and O–H groups in total. The smallest absolute Gasteiger partial charge is 0.305 e. The van der Waals surface area contributed by atoms with Crippen LogP contribution in [0.1, 0.15) is 563 Å². The van der Waals surface area contributed by atoms with E-state index >= 15 is 0 Å². The van der Waals surface area contributed by atoms with Crippen LogP contribution in [-0.4, -0.2) is 248 Å². The van der Waals surface area contributed by atoms with Crippen LogP contribution in [0.2, 0.25) is 0 Å². The highest BCUT2D eigenvalue weighted by atomic mass is 16.6. The number of aliphatic hydroxyl groups is 15. The highest BCUT2D eigenvalue weighted by molar-refractivity contribution is 5.71. The molecule has 0 aliphatic heterocycles. The van der Waals surface area contributed by atoms with Crippen LogP contribution < -0.4 is 0 Å². The number of hydrogen-bond acceptors (Lipinski definition) is 27. The molecule has 0 aromatic rings. The second kappa shape index (κ2) is 127. The van der Waals surface area contributed by atoms with Gasteiger partial charge in [0.15, 0.2) is 0 Å². The van der Waals surface area contributed by atoms with Crippen molar-refractivity contribution in [1.29, 1.82) is 0 Å². The van der Waals surface area contributed by atoms with Crippen molar-refractivity contribution in [2.75, 3.05) is 99.1 Å². The highest BCUT2D eigenvalue weighted by Gasteiger charge is 2.19. The summed E-state index contributed by atoms with van der Waals surface area (Å²) in [5.74, 6) is -0.866. The Bertz CT molecular complexity index is 2610. The number of aliphatic hydroxyl groups excluding tert-OH is 15. The van der Waals surface area contributed by atoms with Gasteiger partial charge in [-0.25, -0.2) is 0 Å². The van der Waals surface area contributed by atoms with E-state index in [1.54, 1.807) is 0 Å². The zero-order valence-electron chi connectivity index (χ0n) is 96.3. The van der Waals surface area contributed by atoms with Gasteiger partial charge in [0.1, 0.15) is 0 Å². The molecule has 0 bridgehead atoms. The molecular weight excluding hydrogens is 1870 g/mol. The first kappa shape index (κ1) is 154. The Morgan fingerprint density at radius 2 is 0.279 bits per heavy atom. The van der Waals surface area contributed by atoms with Crippen molar-refractivity contribution >= 4 is 35.8 Å². The molecule has 0 saturated carbocycles. The van der Waals surface area contributed by atoms with Gasteiger partial charge in [0.25, 0.3) is 0 Å². The molecule has 12 unspecified atom stereocenters. The van der Waals surface area contributed by atoms with Crippen LogP contribution in [0.15, 0.2) is 0 Å². The lowest BCUT2D eigenvalue weighted by atomic mass is 10.00. The third kappa shape index (κ3) is 134. The lowest BCUT2D eigenvalue weighted by Gasteiger charge is -2.17. The molecule has 0 radical (unpaired) electrons. The van der Waals surface area contributed by atoms with Crippen LogP contribution in [-0.2, 0) is 57.2 Å². The molecule has 0 rings (SSSR count). The lowest BCUT2D eigenvalue weighted by Crippen LogP contribution is -2.25. The zero-order chi connectivity index (χ0) is 110. The van der Waals surface area contributed by atoms with Gasteiger partial charge in [-0.3, -0.25) is 28.8 Å².